The van der Waals surface area contributed by atoms with Crippen molar-refractivity contribution in [3.05, 3.63) is 0 Å². The van der Waals surface area contributed by atoms with Crippen LogP contribution in [-0.4, -0.2) is 72.6 Å². The van der Waals surface area contributed by atoms with E-state index in [0.717, 1.165) is 19.5 Å². The summed E-state index contributed by atoms with van der Waals surface area (Å²) in [6.07, 6.45) is 1.35. The maximum Gasteiger partial charge on any atom is 0.228 e. The Morgan fingerprint density at radius 3 is 2.76 bits per heavy atom. The predicted octanol–water partition coefficient (Wildman–Crippen LogP) is -0.167. The van der Waals surface area contributed by atoms with Gasteiger partial charge in [0.2, 0.25) is 11.8 Å². The van der Waals surface area contributed by atoms with E-state index in [9.17, 15) is 9.59 Å². The van der Waals surface area contributed by atoms with Crippen LogP contribution >= 0.6 is 0 Å². The van der Waals surface area contributed by atoms with Crippen molar-refractivity contribution in [1.82, 2.24) is 15.1 Å². The highest BCUT2D eigenvalue weighted by Crippen LogP contribution is 2.26. The summed E-state index contributed by atoms with van der Waals surface area (Å²) >= 11 is 0. The Kier molecular flexibility index (Phi) is 4.17. The van der Waals surface area contributed by atoms with E-state index in [1.165, 1.54) is 0 Å². The minimum atomic E-state index is -0.169. The monoisotopic (exact) mass is 295 g/mol. The van der Waals surface area contributed by atoms with E-state index in [1.807, 2.05) is 16.7 Å². The molecule has 2 amide bonds. The molecule has 0 aromatic carbocycles. The van der Waals surface area contributed by atoms with Gasteiger partial charge in [-0.15, -0.1) is 0 Å². The molecule has 6 heteroatoms. The number of hydrogen-bond acceptors (Lipinski definition) is 4. The van der Waals surface area contributed by atoms with Gasteiger partial charge in [-0.25, -0.2) is 0 Å². The second-order valence-corrected chi connectivity index (χ2v) is 6.46. The fourth-order valence-electron chi connectivity index (χ4n) is 3.43. The second-order valence-electron chi connectivity index (χ2n) is 6.46. The highest BCUT2D eigenvalue weighted by atomic mass is 16.5. The molecule has 3 heterocycles. The molecule has 0 bridgehead atoms. The number of nitrogens with zero attached hydrogens (tertiary/aromatic N) is 2. The van der Waals surface area contributed by atoms with Crippen LogP contribution in [0.3, 0.4) is 0 Å². The Bertz CT molecular complexity index is 424. The summed E-state index contributed by atoms with van der Waals surface area (Å²) < 4.78 is 5.65. The first-order valence-corrected chi connectivity index (χ1v) is 8.02. The lowest BCUT2D eigenvalue weighted by molar-refractivity contribution is -0.148. The maximum atomic E-state index is 12.8. The van der Waals surface area contributed by atoms with E-state index in [4.69, 9.17) is 4.74 Å². The quantitative estimate of drug-likeness (QED) is 0.785. The highest BCUT2D eigenvalue weighted by molar-refractivity contribution is 5.89. The molecule has 21 heavy (non-hydrogen) atoms. The zero-order chi connectivity index (χ0) is 15.0. The second kappa shape index (κ2) is 5.93. The molecule has 3 unspecified atom stereocenters. The van der Waals surface area contributed by atoms with Gasteiger partial charge in [-0.05, 0) is 13.3 Å². The third-order valence-corrected chi connectivity index (χ3v) is 4.93. The first kappa shape index (κ1) is 14.8. The summed E-state index contributed by atoms with van der Waals surface area (Å²) in [7, 11) is 0. The molecule has 1 N–H and O–H groups in total. The lowest BCUT2D eigenvalue weighted by Crippen LogP contribution is -2.58. The molecule has 0 aliphatic carbocycles. The molecule has 0 spiro atoms. The van der Waals surface area contributed by atoms with Crippen LogP contribution in [-0.2, 0) is 14.3 Å². The molecule has 3 saturated heterocycles. The van der Waals surface area contributed by atoms with Gasteiger partial charge >= 0.3 is 0 Å². The van der Waals surface area contributed by atoms with E-state index >= 15 is 0 Å². The van der Waals surface area contributed by atoms with Gasteiger partial charge in [0.25, 0.3) is 0 Å². The number of hydrogen-bond donors (Lipinski definition) is 1. The van der Waals surface area contributed by atoms with Crippen molar-refractivity contribution in [2.45, 2.75) is 44.9 Å². The number of nitrogens with one attached hydrogen (secondary N) is 1. The maximum absolute atomic E-state index is 12.8. The number of rotatable bonds is 3. The zero-order valence-electron chi connectivity index (χ0n) is 12.9. The van der Waals surface area contributed by atoms with Crippen LogP contribution in [0.1, 0.15) is 26.7 Å². The topological polar surface area (TPSA) is 61.9 Å². The lowest BCUT2D eigenvalue weighted by atomic mass is 10.0. The summed E-state index contributed by atoms with van der Waals surface area (Å²) in [6, 6.07) is 0.448. The molecular weight excluding hydrogens is 270 g/mol. The van der Waals surface area contributed by atoms with Crippen LogP contribution < -0.4 is 5.32 Å². The van der Waals surface area contributed by atoms with E-state index in [-0.39, 0.29) is 29.9 Å². The van der Waals surface area contributed by atoms with Crippen molar-refractivity contribution < 1.29 is 14.3 Å². The van der Waals surface area contributed by atoms with E-state index in [2.05, 4.69) is 12.2 Å². The lowest BCUT2D eigenvalue weighted by Gasteiger charge is -2.40. The number of ether oxygens (including phenoxy) is 1. The smallest absolute Gasteiger partial charge is 0.228 e. The van der Waals surface area contributed by atoms with E-state index in [0.29, 0.717) is 32.2 Å². The Morgan fingerprint density at radius 2 is 2.14 bits per heavy atom. The van der Waals surface area contributed by atoms with Crippen molar-refractivity contribution in [1.29, 1.82) is 0 Å². The minimum absolute atomic E-state index is 0.0841. The van der Waals surface area contributed by atoms with Crippen LogP contribution in [0, 0.1) is 5.92 Å². The molecule has 0 aromatic heterocycles. The average molecular weight is 295 g/mol. The molecule has 3 atom stereocenters. The van der Waals surface area contributed by atoms with E-state index < -0.39 is 0 Å². The van der Waals surface area contributed by atoms with Crippen LogP contribution in [0.4, 0.5) is 0 Å². The standard InChI is InChI=1S/C15H25N3O3/c1-3-12-9-21-10(2)7-18(12)15(20)11-4-14(19)17(8-11)13-5-16-6-13/h10-13,16H,3-9H2,1-2H3. The van der Waals surface area contributed by atoms with Gasteiger partial charge < -0.3 is 19.9 Å². The molecule has 3 aliphatic rings. The summed E-state index contributed by atoms with van der Waals surface area (Å²) in [5.41, 5.74) is 0. The number of amides is 2. The molecule has 3 fully saturated rings. The summed E-state index contributed by atoms with van der Waals surface area (Å²) in [6.45, 7) is 7.64. The van der Waals surface area contributed by atoms with Crippen molar-refractivity contribution in [3.63, 3.8) is 0 Å². The third-order valence-electron chi connectivity index (χ3n) is 4.93. The molecule has 3 rings (SSSR count). The van der Waals surface area contributed by atoms with Crippen molar-refractivity contribution in [2.75, 3.05) is 32.8 Å². The molecule has 0 radical (unpaired) electrons. The first-order valence-electron chi connectivity index (χ1n) is 8.02. The van der Waals surface area contributed by atoms with Gasteiger partial charge in [-0.2, -0.15) is 0 Å². The molecule has 118 valence electrons. The van der Waals surface area contributed by atoms with Gasteiger partial charge in [-0.3, -0.25) is 9.59 Å². The van der Waals surface area contributed by atoms with Crippen LogP contribution in [0.25, 0.3) is 0 Å². The fourth-order valence-corrected chi connectivity index (χ4v) is 3.43. The minimum Gasteiger partial charge on any atom is -0.375 e. The van der Waals surface area contributed by atoms with Crippen LogP contribution in [0.2, 0.25) is 0 Å². The fraction of sp³-hybridized carbons (Fsp3) is 0.867. The summed E-state index contributed by atoms with van der Waals surface area (Å²) in [4.78, 5) is 28.8. The van der Waals surface area contributed by atoms with Crippen molar-refractivity contribution >= 4 is 11.8 Å². The Balaban J connectivity index is 1.65. The van der Waals surface area contributed by atoms with Gasteiger partial charge in [0, 0.05) is 32.6 Å². The van der Waals surface area contributed by atoms with Gasteiger partial charge in [0.1, 0.15) is 0 Å². The summed E-state index contributed by atoms with van der Waals surface area (Å²) in [5, 5.41) is 3.18. The number of morpholine rings is 1. The summed E-state index contributed by atoms with van der Waals surface area (Å²) in [5.74, 6) is 0.104. The van der Waals surface area contributed by atoms with Gasteiger partial charge in [0.05, 0.1) is 30.7 Å². The molecule has 0 aromatic rings. The molecule has 6 nitrogen and oxygen atoms in total. The molecule has 0 saturated carbocycles. The number of carbonyl (C=O) groups is 2. The van der Waals surface area contributed by atoms with Gasteiger partial charge in [0.15, 0.2) is 0 Å². The normalized spacial score (nSPS) is 34.2. The Hall–Kier alpha value is -1.14. The number of carbonyl (C=O) groups excluding carboxylic acids is 2. The zero-order valence-corrected chi connectivity index (χ0v) is 12.9. The van der Waals surface area contributed by atoms with Crippen molar-refractivity contribution in [2.24, 2.45) is 5.92 Å². The van der Waals surface area contributed by atoms with Crippen LogP contribution in [0.15, 0.2) is 0 Å². The number of likely N-dealkylation sites (tertiary alicyclic amines) is 1. The highest BCUT2D eigenvalue weighted by Gasteiger charge is 2.42. The van der Waals surface area contributed by atoms with Crippen LogP contribution in [0.5, 0.6) is 0 Å². The Labute approximate surface area is 125 Å². The SMILES string of the molecule is CCC1COC(C)CN1C(=O)C1CC(=O)N(C2CNC2)C1. The van der Waals surface area contributed by atoms with Crippen molar-refractivity contribution in [3.8, 4) is 0 Å². The van der Waals surface area contributed by atoms with E-state index in [1.54, 1.807) is 0 Å². The molecule has 3 aliphatic heterocycles. The Morgan fingerprint density at radius 1 is 1.38 bits per heavy atom. The average Bonchev–Trinajstić information content (AvgIpc) is 2.78. The van der Waals surface area contributed by atoms with Gasteiger partial charge in [-0.1, -0.05) is 6.92 Å². The third kappa shape index (κ3) is 2.79. The largest absolute Gasteiger partial charge is 0.375 e. The predicted molar refractivity (Wildman–Crippen MR) is 77.7 cm³/mol. The molecular formula is C15H25N3O3. The first-order chi connectivity index (χ1) is 10.1.